The van der Waals surface area contributed by atoms with Crippen molar-refractivity contribution in [2.24, 2.45) is 0 Å². The standard InChI is InChI=1S/C24H30N4O4/c1-17-22(9-10-23(29)31-3)18(2)28(26-17)21-7-5-19(6-8-21)24(30)27(14-4-13-25)20-11-15-32-16-12-20/h5-8,20H,4,9-12,14-16H2,1-3H3. The molecule has 1 aromatic carbocycles. The molecule has 32 heavy (non-hydrogen) atoms. The number of aromatic nitrogens is 2. The van der Waals surface area contributed by atoms with Crippen molar-refractivity contribution in [1.82, 2.24) is 14.7 Å². The third kappa shape index (κ3) is 5.35. The molecule has 1 saturated heterocycles. The Morgan fingerprint density at radius 3 is 2.56 bits per heavy atom. The second kappa shape index (κ2) is 10.9. The highest BCUT2D eigenvalue weighted by molar-refractivity contribution is 5.94. The van der Waals surface area contributed by atoms with E-state index in [-0.39, 0.29) is 17.9 Å². The van der Waals surface area contributed by atoms with Crippen LogP contribution in [0.4, 0.5) is 0 Å². The lowest BCUT2D eigenvalue weighted by molar-refractivity contribution is -0.140. The molecule has 1 aromatic heterocycles. The molecule has 1 amide bonds. The minimum Gasteiger partial charge on any atom is -0.469 e. The first-order valence-electron chi connectivity index (χ1n) is 10.9. The number of carbonyl (C=O) groups excluding carboxylic acids is 2. The van der Waals surface area contributed by atoms with Crippen molar-refractivity contribution >= 4 is 11.9 Å². The minimum absolute atomic E-state index is 0.0640. The van der Waals surface area contributed by atoms with Crippen LogP contribution in [0.3, 0.4) is 0 Å². The molecule has 1 aliphatic rings. The van der Waals surface area contributed by atoms with E-state index in [0.717, 1.165) is 35.5 Å². The van der Waals surface area contributed by atoms with E-state index in [1.54, 1.807) is 12.1 Å². The summed E-state index contributed by atoms with van der Waals surface area (Å²) in [5, 5.41) is 13.6. The summed E-state index contributed by atoms with van der Waals surface area (Å²) < 4.78 is 12.0. The van der Waals surface area contributed by atoms with Gasteiger partial charge in [0.15, 0.2) is 0 Å². The number of nitrogens with zero attached hydrogens (tertiary/aromatic N) is 4. The van der Waals surface area contributed by atoms with E-state index in [9.17, 15) is 9.59 Å². The molecule has 170 valence electrons. The van der Waals surface area contributed by atoms with Gasteiger partial charge >= 0.3 is 5.97 Å². The average Bonchev–Trinajstić information content (AvgIpc) is 3.11. The van der Waals surface area contributed by atoms with Crippen molar-refractivity contribution in [3.05, 3.63) is 46.8 Å². The number of methoxy groups -OCH3 is 1. The van der Waals surface area contributed by atoms with Gasteiger partial charge in [0.2, 0.25) is 0 Å². The molecule has 0 spiro atoms. The van der Waals surface area contributed by atoms with E-state index in [1.807, 2.05) is 35.6 Å². The fourth-order valence-electron chi connectivity index (χ4n) is 4.15. The lowest BCUT2D eigenvalue weighted by Gasteiger charge is -2.34. The molecule has 0 N–H and O–H groups in total. The molecule has 1 aliphatic heterocycles. The Balaban J connectivity index is 1.78. The average molecular weight is 439 g/mol. The molecule has 0 unspecified atom stereocenters. The highest BCUT2D eigenvalue weighted by Crippen LogP contribution is 2.22. The first-order chi connectivity index (χ1) is 15.5. The van der Waals surface area contributed by atoms with Crippen LogP contribution in [0.2, 0.25) is 0 Å². The second-order valence-electron chi connectivity index (χ2n) is 7.93. The van der Waals surface area contributed by atoms with Gasteiger partial charge in [-0.3, -0.25) is 9.59 Å². The summed E-state index contributed by atoms with van der Waals surface area (Å²) in [7, 11) is 1.39. The number of amides is 1. The van der Waals surface area contributed by atoms with Crippen molar-refractivity contribution in [3.63, 3.8) is 0 Å². The summed E-state index contributed by atoms with van der Waals surface area (Å²) in [5.41, 5.74) is 4.29. The number of hydrogen-bond acceptors (Lipinski definition) is 6. The zero-order chi connectivity index (χ0) is 23.1. The third-order valence-electron chi connectivity index (χ3n) is 5.96. The van der Waals surface area contributed by atoms with Gasteiger partial charge in [0, 0.05) is 43.5 Å². The Hall–Kier alpha value is -3.18. The maximum absolute atomic E-state index is 13.2. The van der Waals surface area contributed by atoms with Gasteiger partial charge in [-0.25, -0.2) is 4.68 Å². The number of rotatable bonds is 8. The highest BCUT2D eigenvalue weighted by atomic mass is 16.5. The van der Waals surface area contributed by atoms with Crippen molar-refractivity contribution < 1.29 is 19.1 Å². The van der Waals surface area contributed by atoms with E-state index >= 15 is 0 Å². The number of nitriles is 1. The molecule has 0 atom stereocenters. The highest BCUT2D eigenvalue weighted by Gasteiger charge is 2.26. The molecule has 3 rings (SSSR count). The van der Waals surface area contributed by atoms with Gasteiger partial charge in [-0.2, -0.15) is 10.4 Å². The van der Waals surface area contributed by atoms with Crippen LogP contribution in [0.1, 0.15) is 53.0 Å². The quantitative estimate of drug-likeness (QED) is 0.588. The molecule has 0 aliphatic carbocycles. The maximum Gasteiger partial charge on any atom is 0.305 e. The summed E-state index contributed by atoms with van der Waals surface area (Å²) in [6.07, 6.45) is 2.76. The van der Waals surface area contributed by atoms with Crippen LogP contribution in [0.25, 0.3) is 5.69 Å². The normalized spacial score (nSPS) is 14.1. The van der Waals surface area contributed by atoms with Crippen molar-refractivity contribution in [3.8, 4) is 11.8 Å². The van der Waals surface area contributed by atoms with Gasteiger partial charge in [0.05, 0.1) is 31.0 Å². The van der Waals surface area contributed by atoms with Gasteiger partial charge < -0.3 is 14.4 Å². The fourth-order valence-corrected chi connectivity index (χ4v) is 4.15. The van der Waals surface area contributed by atoms with E-state index in [1.165, 1.54) is 7.11 Å². The Bertz CT molecular complexity index is 985. The monoisotopic (exact) mass is 438 g/mol. The number of aryl methyl sites for hydroxylation is 1. The molecule has 2 heterocycles. The van der Waals surface area contributed by atoms with Crippen LogP contribution in [0, 0.1) is 25.2 Å². The molecule has 8 heteroatoms. The van der Waals surface area contributed by atoms with Gasteiger partial charge in [-0.1, -0.05) is 0 Å². The third-order valence-corrected chi connectivity index (χ3v) is 5.96. The second-order valence-corrected chi connectivity index (χ2v) is 7.93. The van der Waals surface area contributed by atoms with Crippen LogP contribution < -0.4 is 0 Å². The van der Waals surface area contributed by atoms with Crippen molar-refractivity contribution in [1.29, 1.82) is 5.26 Å². The fraction of sp³-hybridized carbons (Fsp3) is 0.500. The first kappa shape index (κ1) is 23.5. The number of esters is 1. The van der Waals surface area contributed by atoms with Gasteiger partial charge in [0.1, 0.15) is 0 Å². The molecule has 8 nitrogen and oxygen atoms in total. The van der Waals surface area contributed by atoms with E-state index in [2.05, 4.69) is 11.2 Å². The number of benzene rings is 1. The first-order valence-corrected chi connectivity index (χ1v) is 10.9. The number of ether oxygens (including phenoxy) is 2. The zero-order valence-electron chi connectivity index (χ0n) is 19.0. The molecule has 0 saturated carbocycles. The topological polar surface area (TPSA) is 97.5 Å². The van der Waals surface area contributed by atoms with Gasteiger partial charge in [-0.15, -0.1) is 0 Å². The lowest BCUT2D eigenvalue weighted by atomic mass is 10.0. The predicted octanol–water partition coefficient (Wildman–Crippen LogP) is 3.13. The summed E-state index contributed by atoms with van der Waals surface area (Å²) in [6.45, 7) is 5.59. The Labute approximate surface area is 188 Å². The van der Waals surface area contributed by atoms with Crippen LogP contribution >= 0.6 is 0 Å². The summed E-state index contributed by atoms with van der Waals surface area (Å²) in [6, 6.07) is 9.61. The number of carbonyl (C=O) groups is 2. The lowest BCUT2D eigenvalue weighted by Crippen LogP contribution is -2.44. The summed E-state index contributed by atoms with van der Waals surface area (Å²) >= 11 is 0. The van der Waals surface area contributed by atoms with Crippen molar-refractivity contribution in [2.45, 2.75) is 52.0 Å². The maximum atomic E-state index is 13.2. The SMILES string of the molecule is COC(=O)CCc1c(C)nn(-c2ccc(C(=O)N(CCC#N)C3CCOCC3)cc2)c1C. The molecule has 2 aromatic rings. The molecule has 1 fully saturated rings. The number of hydrogen-bond donors (Lipinski definition) is 0. The van der Waals surface area contributed by atoms with Crippen LogP contribution in [0.15, 0.2) is 24.3 Å². The molecule has 0 radical (unpaired) electrons. The summed E-state index contributed by atoms with van der Waals surface area (Å²) in [5.74, 6) is -0.310. The Kier molecular flexibility index (Phi) is 8.01. The molecular formula is C24H30N4O4. The predicted molar refractivity (Wildman–Crippen MR) is 118 cm³/mol. The smallest absolute Gasteiger partial charge is 0.305 e. The van der Waals surface area contributed by atoms with Crippen molar-refractivity contribution in [2.75, 3.05) is 26.9 Å². The molecular weight excluding hydrogens is 408 g/mol. The van der Waals surface area contributed by atoms with Crippen LogP contribution in [-0.4, -0.2) is 59.5 Å². The molecule has 0 bridgehead atoms. The Morgan fingerprint density at radius 1 is 1.25 bits per heavy atom. The Morgan fingerprint density at radius 2 is 1.94 bits per heavy atom. The minimum atomic E-state index is -0.245. The van der Waals surface area contributed by atoms with E-state index in [4.69, 9.17) is 14.7 Å². The van der Waals surface area contributed by atoms with Crippen LogP contribution in [0.5, 0.6) is 0 Å². The van der Waals surface area contributed by atoms with Crippen LogP contribution in [-0.2, 0) is 20.7 Å². The van der Waals surface area contributed by atoms with E-state index in [0.29, 0.717) is 44.6 Å². The largest absolute Gasteiger partial charge is 0.469 e. The zero-order valence-corrected chi connectivity index (χ0v) is 19.0. The van der Waals surface area contributed by atoms with Gasteiger partial charge in [0.25, 0.3) is 5.91 Å². The summed E-state index contributed by atoms with van der Waals surface area (Å²) in [4.78, 5) is 26.5. The van der Waals surface area contributed by atoms with E-state index < -0.39 is 0 Å². The van der Waals surface area contributed by atoms with Gasteiger partial charge in [-0.05, 0) is 62.9 Å².